The lowest BCUT2D eigenvalue weighted by molar-refractivity contribution is 1.03. The Balaban J connectivity index is 1.76. The van der Waals surface area contributed by atoms with E-state index in [0.29, 0.717) is 11.1 Å². The van der Waals surface area contributed by atoms with Gasteiger partial charge in [0.15, 0.2) is 0 Å². The minimum atomic E-state index is -1.58. The smallest absolute Gasteiger partial charge is 0.0715 e. The molecule has 0 heterocycles. The summed E-state index contributed by atoms with van der Waals surface area (Å²) in [6.45, 7) is 9.69. The molecular formula is C24H28Si. The van der Waals surface area contributed by atoms with Crippen LogP contribution in [0.3, 0.4) is 0 Å². The highest BCUT2D eigenvalue weighted by molar-refractivity contribution is 6.81. The van der Waals surface area contributed by atoms with Crippen LogP contribution in [0.15, 0.2) is 48.6 Å². The van der Waals surface area contributed by atoms with E-state index in [1.165, 1.54) is 22.3 Å². The molecule has 128 valence electrons. The van der Waals surface area contributed by atoms with Gasteiger partial charge in [0, 0.05) is 0 Å². The number of fused-ring (bicyclic) bond motifs is 2. The Hall–Kier alpha value is -1.86. The van der Waals surface area contributed by atoms with Crippen LogP contribution in [0.2, 0.25) is 13.1 Å². The number of rotatable bonds is 4. The van der Waals surface area contributed by atoms with Crippen molar-refractivity contribution in [3.63, 3.8) is 0 Å². The van der Waals surface area contributed by atoms with Gasteiger partial charge in [0.25, 0.3) is 0 Å². The molecule has 0 nitrogen and oxygen atoms in total. The van der Waals surface area contributed by atoms with E-state index in [1.807, 2.05) is 0 Å². The summed E-state index contributed by atoms with van der Waals surface area (Å²) in [5.41, 5.74) is 10.4. The van der Waals surface area contributed by atoms with Crippen molar-refractivity contribution in [2.75, 3.05) is 0 Å². The highest BCUT2D eigenvalue weighted by atomic mass is 28.3. The molecule has 2 aliphatic carbocycles. The van der Waals surface area contributed by atoms with Gasteiger partial charge in [0.05, 0.1) is 8.07 Å². The number of hydrogen-bond donors (Lipinski definition) is 0. The molecule has 2 aromatic rings. The monoisotopic (exact) mass is 344 g/mol. The van der Waals surface area contributed by atoms with E-state index in [9.17, 15) is 0 Å². The van der Waals surface area contributed by atoms with Crippen molar-refractivity contribution >= 4 is 20.2 Å². The quantitative estimate of drug-likeness (QED) is 0.554. The maximum absolute atomic E-state index is 2.58. The van der Waals surface area contributed by atoms with E-state index in [1.54, 1.807) is 11.1 Å². The van der Waals surface area contributed by atoms with Gasteiger partial charge in [-0.3, -0.25) is 0 Å². The van der Waals surface area contributed by atoms with E-state index in [-0.39, 0.29) is 0 Å². The molecule has 4 rings (SSSR count). The first-order chi connectivity index (χ1) is 12.1. The molecule has 0 N–H and O–H groups in total. The first-order valence-electron chi connectivity index (χ1n) is 9.67. The Morgan fingerprint density at radius 2 is 1.16 bits per heavy atom. The van der Waals surface area contributed by atoms with E-state index in [2.05, 4.69) is 87.6 Å². The summed E-state index contributed by atoms with van der Waals surface area (Å²) >= 11 is 0. The SMILES string of the molecule is CCc1cccc2c1C=C[C@H]2[Si](C)(C)[C@@H]1C=Cc2c(CC)cccc21. The summed E-state index contributed by atoms with van der Waals surface area (Å²) in [6.07, 6.45) is 12.0. The summed E-state index contributed by atoms with van der Waals surface area (Å²) in [4.78, 5) is 0. The molecular weight excluding hydrogens is 316 g/mol. The summed E-state index contributed by atoms with van der Waals surface area (Å²) in [5, 5.41) is 0. The van der Waals surface area contributed by atoms with Gasteiger partial charge >= 0.3 is 0 Å². The normalized spacial score (nSPS) is 20.8. The topological polar surface area (TPSA) is 0 Å². The third kappa shape index (κ3) is 2.48. The van der Waals surface area contributed by atoms with Gasteiger partial charge in [-0.05, 0) is 57.3 Å². The molecule has 0 saturated heterocycles. The first-order valence-corrected chi connectivity index (χ1v) is 12.8. The van der Waals surface area contributed by atoms with Gasteiger partial charge in [-0.25, -0.2) is 0 Å². The molecule has 2 aromatic carbocycles. The summed E-state index contributed by atoms with van der Waals surface area (Å²) < 4.78 is 0. The number of aryl methyl sites for hydroxylation is 2. The maximum atomic E-state index is 2.58. The van der Waals surface area contributed by atoms with Crippen LogP contribution >= 0.6 is 0 Å². The lowest BCUT2D eigenvalue weighted by Crippen LogP contribution is -2.40. The second-order valence-corrected chi connectivity index (χ2v) is 12.9. The lowest BCUT2D eigenvalue weighted by atomic mass is 10.0. The molecule has 0 aliphatic heterocycles. The van der Waals surface area contributed by atoms with Crippen LogP contribution in [0.5, 0.6) is 0 Å². The average Bonchev–Trinajstić information content (AvgIpc) is 3.25. The maximum Gasteiger partial charge on any atom is 0.0715 e. The molecule has 25 heavy (non-hydrogen) atoms. The zero-order chi connectivity index (χ0) is 17.6. The van der Waals surface area contributed by atoms with Crippen molar-refractivity contribution in [2.45, 2.75) is 50.9 Å². The van der Waals surface area contributed by atoms with E-state index >= 15 is 0 Å². The van der Waals surface area contributed by atoms with Crippen LogP contribution in [0.25, 0.3) is 12.2 Å². The van der Waals surface area contributed by atoms with Crippen LogP contribution in [0.4, 0.5) is 0 Å². The molecule has 2 aliphatic rings. The molecule has 0 spiro atoms. The zero-order valence-corrected chi connectivity index (χ0v) is 16.8. The molecule has 0 saturated carbocycles. The summed E-state index contributed by atoms with van der Waals surface area (Å²) in [5.74, 6) is 0. The highest BCUT2D eigenvalue weighted by Gasteiger charge is 2.43. The predicted molar refractivity (Wildman–Crippen MR) is 113 cm³/mol. The van der Waals surface area contributed by atoms with Crippen molar-refractivity contribution in [1.29, 1.82) is 0 Å². The first kappa shape index (κ1) is 16.6. The van der Waals surface area contributed by atoms with Crippen molar-refractivity contribution in [2.24, 2.45) is 0 Å². The van der Waals surface area contributed by atoms with E-state index in [4.69, 9.17) is 0 Å². The number of allylic oxidation sites excluding steroid dienone is 2. The van der Waals surface area contributed by atoms with Gasteiger partial charge < -0.3 is 0 Å². The van der Waals surface area contributed by atoms with Gasteiger partial charge in [0.1, 0.15) is 0 Å². The fourth-order valence-electron chi connectivity index (χ4n) is 4.91. The van der Waals surface area contributed by atoms with Crippen LogP contribution in [0, 0.1) is 0 Å². The molecule has 0 fully saturated rings. The molecule has 0 radical (unpaired) electrons. The van der Waals surface area contributed by atoms with Crippen LogP contribution in [-0.2, 0) is 12.8 Å². The highest BCUT2D eigenvalue weighted by Crippen LogP contribution is 2.47. The minimum absolute atomic E-state index is 0.611. The van der Waals surface area contributed by atoms with Crippen LogP contribution in [0.1, 0.15) is 58.3 Å². The second-order valence-electron chi connectivity index (χ2n) is 8.04. The zero-order valence-electron chi connectivity index (χ0n) is 15.8. The molecule has 0 aromatic heterocycles. The minimum Gasteiger partial charge on any atom is -0.0791 e. The molecule has 2 atom stereocenters. The molecule has 0 unspecified atom stereocenters. The molecule has 1 heteroatoms. The van der Waals surface area contributed by atoms with Gasteiger partial charge in [-0.15, -0.1) is 0 Å². The second kappa shape index (κ2) is 6.14. The third-order valence-electron chi connectivity index (χ3n) is 6.41. The summed E-state index contributed by atoms with van der Waals surface area (Å²) in [6, 6.07) is 13.8. The Bertz CT molecular complexity index is 798. The fourth-order valence-corrected chi connectivity index (χ4v) is 8.59. The third-order valence-corrected chi connectivity index (χ3v) is 10.6. The van der Waals surface area contributed by atoms with Gasteiger partial charge in [0.2, 0.25) is 0 Å². The largest absolute Gasteiger partial charge is 0.0791 e. The average molecular weight is 345 g/mol. The van der Waals surface area contributed by atoms with Crippen LogP contribution < -0.4 is 0 Å². The fraction of sp³-hybridized carbons (Fsp3) is 0.333. The Kier molecular flexibility index (Phi) is 4.08. The molecule has 0 amide bonds. The van der Waals surface area contributed by atoms with Gasteiger partial charge in [-0.1, -0.05) is 87.6 Å². The Morgan fingerprint density at radius 1 is 0.720 bits per heavy atom. The Labute approximate surface area is 153 Å². The molecule has 0 bridgehead atoms. The van der Waals surface area contributed by atoms with E-state index < -0.39 is 8.07 Å². The van der Waals surface area contributed by atoms with Crippen LogP contribution in [-0.4, -0.2) is 8.07 Å². The standard InChI is InChI=1S/C24H28Si/c1-5-17-9-7-11-21-19(17)13-15-23(21)25(3,4)24-16-14-20-18(6-2)10-8-12-22(20)24/h7-16,23-24H,5-6H2,1-4H3/t23-,24-/m1/s1. The van der Waals surface area contributed by atoms with Crippen molar-refractivity contribution in [3.05, 3.63) is 81.9 Å². The van der Waals surface area contributed by atoms with E-state index in [0.717, 1.165) is 12.8 Å². The summed E-state index contributed by atoms with van der Waals surface area (Å²) in [7, 11) is -1.58. The number of benzene rings is 2. The lowest BCUT2D eigenvalue weighted by Gasteiger charge is -2.35. The van der Waals surface area contributed by atoms with Crippen molar-refractivity contribution < 1.29 is 0 Å². The Morgan fingerprint density at radius 3 is 1.56 bits per heavy atom. The van der Waals surface area contributed by atoms with Crippen molar-refractivity contribution in [3.8, 4) is 0 Å². The predicted octanol–water partition coefficient (Wildman–Crippen LogP) is 6.52. The van der Waals surface area contributed by atoms with Gasteiger partial charge in [-0.2, -0.15) is 0 Å². The number of hydrogen-bond acceptors (Lipinski definition) is 0. The van der Waals surface area contributed by atoms with Crippen molar-refractivity contribution in [1.82, 2.24) is 0 Å².